The van der Waals surface area contributed by atoms with Crippen molar-refractivity contribution in [1.29, 1.82) is 0 Å². The van der Waals surface area contributed by atoms with Crippen LogP contribution in [-0.4, -0.2) is 11.0 Å². The van der Waals surface area contributed by atoms with Crippen LogP contribution in [0.2, 0.25) is 0 Å². The number of nitrogens with one attached hydrogen (secondary N) is 1. The third-order valence-electron chi connectivity index (χ3n) is 2.86. The van der Waals surface area contributed by atoms with Gasteiger partial charge in [-0.05, 0) is 30.5 Å². The van der Waals surface area contributed by atoms with Crippen LogP contribution in [-0.2, 0) is 11.2 Å². The van der Waals surface area contributed by atoms with Crippen molar-refractivity contribution in [2.24, 2.45) is 0 Å². The lowest BCUT2D eigenvalue weighted by molar-refractivity contribution is -0.116. The predicted molar refractivity (Wildman–Crippen MR) is 58.6 cm³/mol. The molecule has 0 bridgehead atoms. The second-order valence-corrected chi connectivity index (χ2v) is 4.00. The van der Waals surface area contributed by atoms with Crippen molar-refractivity contribution in [3.05, 3.63) is 29.1 Å². The standard InChI is InChI=1S/C12H14FNO2/c1-2-11(15)8-5-7-3-4-12(16)14-10(7)6-9(8)13/h5-6,11,15H,2-4H2,1H3,(H,14,16)/t11-/m0/s1. The number of anilines is 1. The quantitative estimate of drug-likeness (QED) is 0.807. The Morgan fingerprint density at radius 2 is 2.25 bits per heavy atom. The summed E-state index contributed by atoms with van der Waals surface area (Å²) in [5.41, 5.74) is 1.74. The Labute approximate surface area is 93.3 Å². The van der Waals surface area contributed by atoms with E-state index in [4.69, 9.17) is 0 Å². The van der Waals surface area contributed by atoms with Crippen LogP contribution < -0.4 is 5.32 Å². The van der Waals surface area contributed by atoms with E-state index in [1.165, 1.54) is 6.07 Å². The zero-order valence-corrected chi connectivity index (χ0v) is 9.09. The molecule has 4 heteroatoms. The molecule has 1 aromatic carbocycles. The molecule has 16 heavy (non-hydrogen) atoms. The van der Waals surface area contributed by atoms with Gasteiger partial charge in [0, 0.05) is 17.7 Å². The summed E-state index contributed by atoms with van der Waals surface area (Å²) in [7, 11) is 0. The van der Waals surface area contributed by atoms with Gasteiger partial charge in [-0.15, -0.1) is 0 Å². The number of fused-ring (bicyclic) bond motifs is 1. The molecule has 1 heterocycles. The molecule has 1 aromatic rings. The molecular formula is C12H14FNO2. The molecule has 0 aromatic heterocycles. The normalized spacial score (nSPS) is 16.6. The highest BCUT2D eigenvalue weighted by molar-refractivity contribution is 5.93. The van der Waals surface area contributed by atoms with Crippen LogP contribution in [0.3, 0.4) is 0 Å². The molecule has 3 nitrogen and oxygen atoms in total. The molecule has 0 fully saturated rings. The summed E-state index contributed by atoms with van der Waals surface area (Å²) in [6.07, 6.45) is 0.718. The molecule has 0 spiro atoms. The molecule has 1 atom stereocenters. The third kappa shape index (κ3) is 1.93. The predicted octanol–water partition coefficient (Wildman–Crippen LogP) is 2.15. The summed E-state index contributed by atoms with van der Waals surface area (Å²) in [6.45, 7) is 1.80. The molecule has 86 valence electrons. The first kappa shape index (κ1) is 11.1. The van der Waals surface area contributed by atoms with Gasteiger partial charge in [0.25, 0.3) is 0 Å². The maximum Gasteiger partial charge on any atom is 0.224 e. The van der Waals surface area contributed by atoms with Gasteiger partial charge in [0.2, 0.25) is 5.91 Å². The number of hydrogen-bond donors (Lipinski definition) is 2. The number of aliphatic hydroxyl groups excluding tert-OH is 1. The summed E-state index contributed by atoms with van der Waals surface area (Å²) < 4.78 is 13.6. The third-order valence-corrected chi connectivity index (χ3v) is 2.86. The van der Waals surface area contributed by atoms with Crippen molar-refractivity contribution in [3.8, 4) is 0 Å². The number of aryl methyl sites for hydroxylation is 1. The van der Waals surface area contributed by atoms with Gasteiger partial charge in [-0.1, -0.05) is 6.92 Å². The Bertz CT molecular complexity index is 431. The van der Waals surface area contributed by atoms with Gasteiger partial charge in [0.05, 0.1) is 6.10 Å². The summed E-state index contributed by atoms with van der Waals surface area (Å²) in [5.74, 6) is -0.550. The molecule has 0 radical (unpaired) electrons. The summed E-state index contributed by atoms with van der Waals surface area (Å²) >= 11 is 0. The first-order valence-electron chi connectivity index (χ1n) is 5.42. The largest absolute Gasteiger partial charge is 0.388 e. The number of rotatable bonds is 2. The number of halogens is 1. The van der Waals surface area contributed by atoms with Crippen LogP contribution in [0, 0.1) is 5.82 Å². The minimum atomic E-state index is -0.775. The number of aliphatic hydroxyl groups is 1. The Hall–Kier alpha value is -1.42. The lowest BCUT2D eigenvalue weighted by Gasteiger charge is -2.19. The van der Waals surface area contributed by atoms with E-state index in [-0.39, 0.29) is 5.91 Å². The minimum absolute atomic E-state index is 0.0873. The van der Waals surface area contributed by atoms with E-state index in [9.17, 15) is 14.3 Å². The second-order valence-electron chi connectivity index (χ2n) is 4.00. The maximum atomic E-state index is 13.6. The van der Waals surface area contributed by atoms with Crippen LogP contribution in [0.25, 0.3) is 0 Å². The van der Waals surface area contributed by atoms with E-state index in [0.717, 1.165) is 5.56 Å². The van der Waals surface area contributed by atoms with Crippen molar-refractivity contribution in [1.82, 2.24) is 0 Å². The van der Waals surface area contributed by atoms with Crippen molar-refractivity contribution in [2.45, 2.75) is 32.3 Å². The van der Waals surface area contributed by atoms with Crippen LogP contribution in [0.1, 0.15) is 37.0 Å². The van der Waals surface area contributed by atoms with Gasteiger partial charge in [0.1, 0.15) is 5.82 Å². The van der Waals surface area contributed by atoms with Crippen LogP contribution in [0.5, 0.6) is 0 Å². The maximum absolute atomic E-state index is 13.6. The zero-order chi connectivity index (χ0) is 11.7. The highest BCUT2D eigenvalue weighted by Gasteiger charge is 2.19. The highest BCUT2D eigenvalue weighted by atomic mass is 19.1. The zero-order valence-electron chi connectivity index (χ0n) is 9.09. The number of hydrogen-bond acceptors (Lipinski definition) is 2. The molecule has 1 amide bonds. The SMILES string of the molecule is CC[C@H](O)c1cc2c(cc1F)NC(=O)CC2. The van der Waals surface area contributed by atoms with Crippen LogP contribution in [0.15, 0.2) is 12.1 Å². The molecule has 0 saturated heterocycles. The monoisotopic (exact) mass is 223 g/mol. The molecule has 1 aliphatic rings. The van der Waals surface area contributed by atoms with E-state index < -0.39 is 11.9 Å². The average molecular weight is 223 g/mol. The van der Waals surface area contributed by atoms with Gasteiger partial charge in [-0.3, -0.25) is 4.79 Å². The number of carbonyl (C=O) groups is 1. The first-order valence-corrected chi connectivity index (χ1v) is 5.42. The van der Waals surface area contributed by atoms with Crippen LogP contribution in [0.4, 0.5) is 10.1 Å². The summed E-state index contributed by atoms with van der Waals surface area (Å²) in [5, 5.41) is 12.3. The van der Waals surface area contributed by atoms with E-state index in [2.05, 4.69) is 5.32 Å². The van der Waals surface area contributed by atoms with Gasteiger partial charge in [-0.2, -0.15) is 0 Å². The summed E-state index contributed by atoms with van der Waals surface area (Å²) in [6, 6.07) is 2.94. The van der Waals surface area contributed by atoms with Gasteiger partial charge in [0.15, 0.2) is 0 Å². The van der Waals surface area contributed by atoms with E-state index in [0.29, 0.717) is 30.5 Å². The lowest BCUT2D eigenvalue weighted by Crippen LogP contribution is -2.19. The molecule has 0 unspecified atom stereocenters. The Morgan fingerprint density at radius 1 is 1.50 bits per heavy atom. The Kier molecular flexibility index (Phi) is 2.92. The average Bonchev–Trinajstić information content (AvgIpc) is 2.27. The molecule has 0 aliphatic carbocycles. The topological polar surface area (TPSA) is 49.3 Å². The fourth-order valence-electron chi connectivity index (χ4n) is 1.90. The molecular weight excluding hydrogens is 209 g/mol. The van der Waals surface area contributed by atoms with Crippen molar-refractivity contribution in [2.75, 3.05) is 5.32 Å². The van der Waals surface area contributed by atoms with Crippen LogP contribution >= 0.6 is 0 Å². The first-order chi connectivity index (χ1) is 7.61. The smallest absolute Gasteiger partial charge is 0.224 e. The minimum Gasteiger partial charge on any atom is -0.388 e. The molecule has 2 rings (SSSR count). The van der Waals surface area contributed by atoms with Gasteiger partial charge < -0.3 is 10.4 Å². The number of amides is 1. The van der Waals surface area contributed by atoms with Gasteiger partial charge in [-0.25, -0.2) is 4.39 Å². The Morgan fingerprint density at radius 3 is 2.94 bits per heavy atom. The fraction of sp³-hybridized carbons (Fsp3) is 0.417. The number of carbonyl (C=O) groups excluding carboxylic acids is 1. The molecule has 2 N–H and O–H groups in total. The van der Waals surface area contributed by atoms with E-state index in [1.807, 2.05) is 0 Å². The lowest BCUT2D eigenvalue weighted by atomic mass is 9.97. The molecule has 1 aliphatic heterocycles. The fourth-order valence-corrected chi connectivity index (χ4v) is 1.90. The van der Waals surface area contributed by atoms with Gasteiger partial charge >= 0.3 is 0 Å². The summed E-state index contributed by atoms with van der Waals surface area (Å²) in [4.78, 5) is 11.1. The highest BCUT2D eigenvalue weighted by Crippen LogP contribution is 2.29. The van der Waals surface area contributed by atoms with E-state index >= 15 is 0 Å². The van der Waals surface area contributed by atoms with Crippen molar-refractivity contribution < 1.29 is 14.3 Å². The molecule has 0 saturated carbocycles. The second kappa shape index (κ2) is 4.22. The Balaban J connectivity index is 2.41. The van der Waals surface area contributed by atoms with Crippen molar-refractivity contribution >= 4 is 11.6 Å². The van der Waals surface area contributed by atoms with E-state index in [1.54, 1.807) is 13.0 Å². The number of benzene rings is 1. The van der Waals surface area contributed by atoms with Crippen molar-refractivity contribution in [3.63, 3.8) is 0 Å².